The molecular formula is C19H28FN3OS. The number of unbranched alkanes of at least 4 members (excludes halogenated alkanes) is 1. The number of benzene rings is 1. The van der Waals surface area contributed by atoms with Crippen LogP contribution in [0, 0.1) is 11.7 Å². The van der Waals surface area contributed by atoms with Crippen molar-refractivity contribution in [3.05, 3.63) is 35.6 Å². The predicted octanol–water partition coefficient (Wildman–Crippen LogP) is 3.04. The molecule has 1 aromatic carbocycles. The Morgan fingerprint density at radius 2 is 2.00 bits per heavy atom. The summed E-state index contributed by atoms with van der Waals surface area (Å²) in [4.78, 5) is 14.7. The van der Waals surface area contributed by atoms with Crippen LogP contribution in [0.4, 0.5) is 4.39 Å². The highest BCUT2D eigenvalue weighted by Crippen LogP contribution is 2.33. The van der Waals surface area contributed by atoms with E-state index in [1.165, 1.54) is 12.1 Å². The van der Waals surface area contributed by atoms with E-state index < -0.39 is 0 Å². The highest BCUT2D eigenvalue weighted by atomic mass is 32.1. The van der Waals surface area contributed by atoms with E-state index in [1.54, 1.807) is 12.1 Å². The van der Waals surface area contributed by atoms with Crippen LogP contribution in [0.15, 0.2) is 24.3 Å². The van der Waals surface area contributed by atoms with E-state index in [4.69, 9.17) is 12.2 Å². The van der Waals surface area contributed by atoms with Gasteiger partial charge in [-0.15, -0.1) is 0 Å². The van der Waals surface area contributed by atoms with E-state index in [0.717, 1.165) is 18.4 Å². The van der Waals surface area contributed by atoms with Crippen LogP contribution >= 0.6 is 12.2 Å². The maximum atomic E-state index is 13.3. The van der Waals surface area contributed by atoms with Gasteiger partial charge in [-0.25, -0.2) is 4.39 Å². The molecule has 0 aliphatic carbocycles. The van der Waals surface area contributed by atoms with Gasteiger partial charge in [0.1, 0.15) is 5.82 Å². The fourth-order valence-corrected chi connectivity index (χ4v) is 3.53. The molecule has 0 bridgehead atoms. The summed E-state index contributed by atoms with van der Waals surface area (Å²) in [5.41, 5.74) is 0.979. The molecule has 2 unspecified atom stereocenters. The summed E-state index contributed by atoms with van der Waals surface area (Å²) in [7, 11) is 0. The van der Waals surface area contributed by atoms with Crippen molar-refractivity contribution in [2.24, 2.45) is 5.92 Å². The van der Waals surface area contributed by atoms with E-state index >= 15 is 0 Å². The number of halogens is 1. The zero-order chi connectivity index (χ0) is 18.4. The molecule has 0 spiro atoms. The van der Waals surface area contributed by atoms with Gasteiger partial charge in [0.25, 0.3) is 0 Å². The smallest absolute Gasteiger partial charge is 0.225 e. The molecule has 1 saturated heterocycles. The zero-order valence-corrected chi connectivity index (χ0v) is 16.0. The maximum Gasteiger partial charge on any atom is 0.225 e. The number of likely N-dealkylation sites (tertiary alicyclic amines) is 1. The van der Waals surface area contributed by atoms with Crippen molar-refractivity contribution in [3.63, 3.8) is 0 Å². The summed E-state index contributed by atoms with van der Waals surface area (Å²) >= 11 is 5.48. The van der Waals surface area contributed by atoms with Crippen molar-refractivity contribution in [2.75, 3.05) is 19.6 Å². The molecule has 2 rings (SSSR count). The van der Waals surface area contributed by atoms with Crippen LogP contribution in [0.3, 0.4) is 0 Å². The second kappa shape index (κ2) is 9.13. The molecule has 138 valence electrons. The summed E-state index contributed by atoms with van der Waals surface area (Å²) in [5, 5.41) is 6.95. The predicted molar refractivity (Wildman–Crippen MR) is 103 cm³/mol. The normalized spacial score (nSPS) is 20.0. The third kappa shape index (κ3) is 5.39. The summed E-state index contributed by atoms with van der Waals surface area (Å²) < 4.78 is 13.3. The van der Waals surface area contributed by atoms with Crippen LogP contribution in [0.2, 0.25) is 0 Å². The summed E-state index contributed by atoms with van der Waals surface area (Å²) in [6, 6.07) is 6.70. The Morgan fingerprint density at radius 3 is 2.60 bits per heavy atom. The Balaban J connectivity index is 2.14. The van der Waals surface area contributed by atoms with Gasteiger partial charge in [-0.05, 0) is 50.2 Å². The SMILES string of the molecule is CCCCNC(=O)C1CN(C(=S)NC(C)C)CC1c1ccc(F)cc1. The summed E-state index contributed by atoms with van der Waals surface area (Å²) in [6.07, 6.45) is 2.01. The van der Waals surface area contributed by atoms with Gasteiger partial charge in [0.05, 0.1) is 5.92 Å². The molecule has 1 aromatic rings. The van der Waals surface area contributed by atoms with Gasteiger partial charge in [0.2, 0.25) is 5.91 Å². The highest BCUT2D eigenvalue weighted by molar-refractivity contribution is 7.80. The molecule has 2 N–H and O–H groups in total. The number of nitrogens with zero attached hydrogens (tertiary/aromatic N) is 1. The molecule has 0 aromatic heterocycles. The van der Waals surface area contributed by atoms with Gasteiger partial charge in [-0.1, -0.05) is 25.5 Å². The molecule has 0 radical (unpaired) electrons. The highest BCUT2D eigenvalue weighted by Gasteiger charge is 2.39. The molecule has 1 aliphatic heterocycles. The second-order valence-electron chi connectivity index (χ2n) is 6.92. The number of amides is 1. The molecule has 6 heteroatoms. The minimum atomic E-state index is -0.264. The molecule has 1 aliphatic rings. The van der Waals surface area contributed by atoms with Crippen LogP contribution in [0.5, 0.6) is 0 Å². The first-order valence-corrected chi connectivity index (χ1v) is 9.41. The standard InChI is InChI=1S/C19H28FN3OS/c1-4-5-10-21-18(24)17-12-23(19(25)22-13(2)3)11-16(17)14-6-8-15(20)9-7-14/h6-9,13,16-17H,4-5,10-12H2,1-3H3,(H,21,24)(H,22,25). The lowest BCUT2D eigenvalue weighted by molar-refractivity contribution is -0.124. The van der Waals surface area contributed by atoms with Gasteiger partial charge in [-0.3, -0.25) is 4.79 Å². The van der Waals surface area contributed by atoms with Crippen molar-refractivity contribution in [2.45, 2.75) is 45.6 Å². The largest absolute Gasteiger partial charge is 0.360 e. The van der Waals surface area contributed by atoms with Crippen molar-refractivity contribution < 1.29 is 9.18 Å². The van der Waals surface area contributed by atoms with Gasteiger partial charge < -0.3 is 15.5 Å². The van der Waals surface area contributed by atoms with E-state index in [1.807, 2.05) is 18.7 Å². The van der Waals surface area contributed by atoms with E-state index in [0.29, 0.717) is 24.7 Å². The molecule has 1 heterocycles. The molecule has 1 fully saturated rings. The van der Waals surface area contributed by atoms with Gasteiger partial charge in [0.15, 0.2) is 5.11 Å². The lowest BCUT2D eigenvalue weighted by Crippen LogP contribution is -2.42. The first-order valence-electron chi connectivity index (χ1n) is 9.01. The number of carbonyl (C=O) groups is 1. The van der Waals surface area contributed by atoms with Crippen LogP contribution in [0.25, 0.3) is 0 Å². The number of rotatable bonds is 6. The third-order valence-electron chi connectivity index (χ3n) is 4.48. The third-order valence-corrected chi connectivity index (χ3v) is 4.86. The monoisotopic (exact) mass is 365 g/mol. The van der Waals surface area contributed by atoms with Gasteiger partial charge in [0, 0.05) is 31.6 Å². The Bertz CT molecular complexity index is 591. The van der Waals surface area contributed by atoms with E-state index in [9.17, 15) is 9.18 Å². The molecular weight excluding hydrogens is 337 g/mol. The van der Waals surface area contributed by atoms with Crippen molar-refractivity contribution in [1.82, 2.24) is 15.5 Å². The Morgan fingerprint density at radius 1 is 1.32 bits per heavy atom. The van der Waals surface area contributed by atoms with Crippen LogP contribution in [-0.2, 0) is 4.79 Å². The minimum Gasteiger partial charge on any atom is -0.360 e. The Labute approximate surface area is 155 Å². The average molecular weight is 366 g/mol. The second-order valence-corrected chi connectivity index (χ2v) is 7.30. The summed E-state index contributed by atoms with van der Waals surface area (Å²) in [6.45, 7) is 8.11. The number of carbonyl (C=O) groups excluding carboxylic acids is 1. The number of hydrogen-bond donors (Lipinski definition) is 2. The first kappa shape index (κ1) is 19.6. The number of hydrogen-bond acceptors (Lipinski definition) is 2. The quantitative estimate of drug-likeness (QED) is 0.601. The number of thiocarbonyl (C=S) groups is 1. The van der Waals surface area contributed by atoms with Crippen molar-refractivity contribution in [3.8, 4) is 0 Å². The lowest BCUT2D eigenvalue weighted by atomic mass is 9.88. The first-order chi connectivity index (χ1) is 11.9. The van der Waals surface area contributed by atoms with Crippen molar-refractivity contribution in [1.29, 1.82) is 0 Å². The minimum absolute atomic E-state index is 0.00846. The summed E-state index contributed by atoms with van der Waals surface area (Å²) in [5.74, 6) is -0.388. The Hall–Kier alpha value is -1.69. The van der Waals surface area contributed by atoms with Crippen molar-refractivity contribution >= 4 is 23.2 Å². The molecule has 4 nitrogen and oxygen atoms in total. The lowest BCUT2D eigenvalue weighted by Gasteiger charge is -2.22. The van der Waals surface area contributed by atoms with E-state index in [2.05, 4.69) is 17.6 Å². The van der Waals surface area contributed by atoms with Gasteiger partial charge >= 0.3 is 0 Å². The Kier molecular flexibility index (Phi) is 7.17. The molecule has 0 saturated carbocycles. The average Bonchev–Trinajstić information content (AvgIpc) is 3.00. The van der Waals surface area contributed by atoms with Crippen LogP contribution in [-0.4, -0.2) is 41.6 Å². The molecule has 1 amide bonds. The molecule has 2 atom stereocenters. The topological polar surface area (TPSA) is 44.4 Å². The van der Waals surface area contributed by atoms with Crippen LogP contribution < -0.4 is 10.6 Å². The number of nitrogens with one attached hydrogen (secondary N) is 2. The molecule has 25 heavy (non-hydrogen) atoms. The fourth-order valence-electron chi connectivity index (χ4n) is 3.14. The maximum absolute atomic E-state index is 13.3. The zero-order valence-electron chi connectivity index (χ0n) is 15.2. The fraction of sp³-hybridized carbons (Fsp3) is 0.579. The van der Waals surface area contributed by atoms with Gasteiger partial charge in [-0.2, -0.15) is 0 Å². The van der Waals surface area contributed by atoms with Crippen LogP contribution in [0.1, 0.15) is 45.1 Å². The van der Waals surface area contributed by atoms with E-state index in [-0.39, 0.29) is 29.6 Å².